The number of likely N-dealkylation sites (tertiary alicyclic amines) is 1. The van der Waals surface area contributed by atoms with Gasteiger partial charge in [-0.05, 0) is 25.0 Å². The third-order valence-electron chi connectivity index (χ3n) is 4.20. The number of fused-ring (bicyclic) bond motifs is 1. The maximum absolute atomic E-state index is 12.8. The van der Waals surface area contributed by atoms with Gasteiger partial charge in [-0.1, -0.05) is 18.2 Å². The summed E-state index contributed by atoms with van der Waals surface area (Å²) < 4.78 is 0. The molecular weight excluding hydrogens is 276 g/mol. The maximum Gasteiger partial charge on any atom is 0.270 e. The van der Waals surface area contributed by atoms with E-state index in [9.17, 15) is 4.79 Å². The summed E-state index contributed by atoms with van der Waals surface area (Å²) in [6.07, 6.45) is 7.01. The molecule has 3 heterocycles. The van der Waals surface area contributed by atoms with E-state index in [4.69, 9.17) is 0 Å². The second kappa shape index (κ2) is 5.26. The normalized spacial score (nSPS) is 18.0. The molecule has 3 aromatic rings. The van der Waals surface area contributed by atoms with E-state index in [1.807, 2.05) is 35.2 Å². The molecule has 22 heavy (non-hydrogen) atoms. The molecule has 0 aliphatic carbocycles. The monoisotopic (exact) mass is 292 g/mol. The van der Waals surface area contributed by atoms with Crippen molar-refractivity contribution in [1.29, 1.82) is 0 Å². The summed E-state index contributed by atoms with van der Waals surface area (Å²) >= 11 is 0. The number of benzene rings is 1. The van der Waals surface area contributed by atoms with E-state index in [0.29, 0.717) is 5.69 Å². The van der Waals surface area contributed by atoms with Crippen molar-refractivity contribution in [2.75, 3.05) is 6.54 Å². The molecule has 1 aliphatic rings. The van der Waals surface area contributed by atoms with Crippen LogP contribution in [0.15, 0.2) is 48.9 Å². The number of nitrogens with zero attached hydrogens (tertiary/aromatic N) is 3. The maximum atomic E-state index is 12.8. The van der Waals surface area contributed by atoms with Gasteiger partial charge >= 0.3 is 0 Å². The number of hydrogen-bond acceptors (Lipinski definition) is 3. The lowest BCUT2D eigenvalue weighted by Gasteiger charge is -2.23. The van der Waals surface area contributed by atoms with Gasteiger partial charge in [-0.15, -0.1) is 0 Å². The molecular formula is C17H16N4O. The lowest BCUT2D eigenvalue weighted by atomic mass is 10.1. The number of hydrogen-bond donors (Lipinski definition) is 1. The molecule has 1 fully saturated rings. The Balaban J connectivity index is 1.66. The molecule has 0 saturated carbocycles. The summed E-state index contributed by atoms with van der Waals surface area (Å²) in [5, 5.41) is 1.06. The Kier molecular flexibility index (Phi) is 3.11. The number of amides is 1. The average Bonchev–Trinajstić information content (AvgIpc) is 3.21. The van der Waals surface area contributed by atoms with Crippen molar-refractivity contribution >= 4 is 16.8 Å². The first kappa shape index (κ1) is 13.0. The van der Waals surface area contributed by atoms with Gasteiger partial charge in [0.15, 0.2) is 0 Å². The topological polar surface area (TPSA) is 61.9 Å². The van der Waals surface area contributed by atoms with E-state index in [1.165, 1.54) is 0 Å². The molecule has 1 atom stereocenters. The van der Waals surface area contributed by atoms with E-state index in [1.54, 1.807) is 18.6 Å². The van der Waals surface area contributed by atoms with Crippen LogP contribution < -0.4 is 0 Å². The molecule has 1 saturated heterocycles. The van der Waals surface area contributed by atoms with Crippen molar-refractivity contribution in [1.82, 2.24) is 19.9 Å². The van der Waals surface area contributed by atoms with Crippen LogP contribution in [0.1, 0.15) is 35.1 Å². The van der Waals surface area contributed by atoms with Crippen molar-refractivity contribution in [2.45, 2.75) is 18.9 Å². The van der Waals surface area contributed by atoms with Gasteiger partial charge in [0.1, 0.15) is 5.69 Å². The van der Waals surface area contributed by atoms with Gasteiger partial charge in [-0.3, -0.25) is 14.8 Å². The number of nitrogens with one attached hydrogen (secondary N) is 1. The largest absolute Gasteiger partial charge is 0.351 e. The first-order chi connectivity index (χ1) is 10.8. The van der Waals surface area contributed by atoms with Crippen molar-refractivity contribution in [3.05, 3.63) is 60.3 Å². The smallest absolute Gasteiger partial charge is 0.270 e. The van der Waals surface area contributed by atoms with Gasteiger partial charge in [0, 0.05) is 29.8 Å². The van der Waals surface area contributed by atoms with Crippen LogP contribution in [0, 0.1) is 0 Å². The van der Waals surface area contributed by atoms with Crippen molar-refractivity contribution in [3.63, 3.8) is 0 Å². The Labute approximate surface area is 128 Å². The fourth-order valence-corrected chi connectivity index (χ4v) is 3.14. The summed E-state index contributed by atoms with van der Waals surface area (Å²) in [6, 6.07) is 9.87. The van der Waals surface area contributed by atoms with Gasteiger partial charge in [-0.2, -0.15) is 0 Å². The van der Waals surface area contributed by atoms with Gasteiger partial charge in [0.2, 0.25) is 0 Å². The number of carbonyl (C=O) groups is 1. The van der Waals surface area contributed by atoms with Crippen LogP contribution in [0.5, 0.6) is 0 Å². The minimum Gasteiger partial charge on any atom is -0.351 e. The minimum atomic E-state index is 0.0209. The second-order valence-electron chi connectivity index (χ2n) is 5.56. The zero-order valence-electron chi connectivity index (χ0n) is 12.1. The molecule has 0 radical (unpaired) electrons. The van der Waals surface area contributed by atoms with Crippen LogP contribution >= 0.6 is 0 Å². The van der Waals surface area contributed by atoms with Crippen LogP contribution in [-0.2, 0) is 0 Å². The number of carbonyl (C=O) groups excluding carboxylic acids is 1. The lowest BCUT2D eigenvalue weighted by Crippen LogP contribution is -2.31. The van der Waals surface area contributed by atoms with Gasteiger partial charge < -0.3 is 9.88 Å². The lowest BCUT2D eigenvalue weighted by molar-refractivity contribution is 0.0727. The summed E-state index contributed by atoms with van der Waals surface area (Å²) in [6.45, 7) is 0.759. The molecule has 1 aliphatic heterocycles. The number of aromatic amines is 1. The third kappa shape index (κ3) is 2.15. The summed E-state index contributed by atoms with van der Waals surface area (Å²) in [7, 11) is 0. The highest BCUT2D eigenvalue weighted by Gasteiger charge is 2.32. The van der Waals surface area contributed by atoms with Crippen LogP contribution in [-0.4, -0.2) is 32.3 Å². The van der Waals surface area contributed by atoms with Crippen molar-refractivity contribution < 1.29 is 4.79 Å². The van der Waals surface area contributed by atoms with Crippen LogP contribution in [0.4, 0.5) is 0 Å². The van der Waals surface area contributed by atoms with E-state index in [-0.39, 0.29) is 11.9 Å². The van der Waals surface area contributed by atoms with Crippen LogP contribution in [0.2, 0.25) is 0 Å². The molecule has 0 unspecified atom stereocenters. The molecule has 4 rings (SSSR count). The molecule has 110 valence electrons. The fourth-order valence-electron chi connectivity index (χ4n) is 3.14. The second-order valence-corrected chi connectivity index (χ2v) is 5.56. The predicted octanol–water partition coefficient (Wildman–Crippen LogP) is 2.94. The predicted molar refractivity (Wildman–Crippen MR) is 83.3 cm³/mol. The van der Waals surface area contributed by atoms with E-state index < -0.39 is 0 Å². The highest BCUT2D eigenvalue weighted by molar-refractivity contribution is 5.98. The number of para-hydroxylation sites is 1. The zero-order chi connectivity index (χ0) is 14.9. The Bertz CT molecular complexity index is 779. The molecule has 5 heteroatoms. The molecule has 5 nitrogen and oxygen atoms in total. The summed E-state index contributed by atoms with van der Waals surface area (Å²) in [5.41, 5.74) is 2.49. The van der Waals surface area contributed by atoms with Crippen LogP contribution in [0.25, 0.3) is 10.9 Å². The zero-order valence-corrected chi connectivity index (χ0v) is 12.1. The highest BCUT2D eigenvalue weighted by atomic mass is 16.2. The first-order valence-corrected chi connectivity index (χ1v) is 7.47. The van der Waals surface area contributed by atoms with Gasteiger partial charge in [0.05, 0.1) is 17.9 Å². The van der Waals surface area contributed by atoms with E-state index in [0.717, 1.165) is 36.0 Å². The fraction of sp³-hybridized carbons (Fsp3) is 0.235. The Morgan fingerprint density at radius 3 is 3.00 bits per heavy atom. The van der Waals surface area contributed by atoms with E-state index >= 15 is 0 Å². The Morgan fingerprint density at radius 2 is 2.18 bits per heavy atom. The molecule has 1 aromatic carbocycles. The summed E-state index contributed by atoms with van der Waals surface area (Å²) in [4.78, 5) is 26.4. The number of rotatable bonds is 2. The first-order valence-electron chi connectivity index (χ1n) is 7.47. The van der Waals surface area contributed by atoms with Crippen LogP contribution in [0.3, 0.4) is 0 Å². The number of H-pyrrole nitrogens is 1. The molecule has 0 spiro atoms. The highest BCUT2D eigenvalue weighted by Crippen LogP contribution is 2.31. The molecule has 2 aromatic heterocycles. The SMILES string of the molecule is O=C(c1cc2ccccc2[nH]1)N1CCC[C@H]1c1cnccn1. The third-order valence-corrected chi connectivity index (χ3v) is 4.20. The standard InChI is InChI=1S/C17H16N4O/c22-17(14-10-12-4-1-2-5-13(12)20-14)21-9-3-6-16(21)15-11-18-7-8-19-15/h1-2,4-5,7-8,10-11,16,20H,3,6,9H2/t16-/m0/s1. The van der Waals surface area contributed by atoms with Gasteiger partial charge in [-0.25, -0.2) is 0 Å². The number of aromatic nitrogens is 3. The Morgan fingerprint density at radius 1 is 1.27 bits per heavy atom. The summed E-state index contributed by atoms with van der Waals surface area (Å²) in [5.74, 6) is 0.0318. The minimum absolute atomic E-state index is 0.0209. The van der Waals surface area contributed by atoms with E-state index in [2.05, 4.69) is 15.0 Å². The van der Waals surface area contributed by atoms with Gasteiger partial charge in [0.25, 0.3) is 5.91 Å². The molecule has 1 amide bonds. The quantitative estimate of drug-likeness (QED) is 0.790. The van der Waals surface area contributed by atoms with Crippen molar-refractivity contribution in [3.8, 4) is 0 Å². The van der Waals surface area contributed by atoms with Crippen molar-refractivity contribution in [2.24, 2.45) is 0 Å². The Hall–Kier alpha value is -2.69. The molecule has 0 bridgehead atoms. The average molecular weight is 292 g/mol. The molecule has 1 N–H and O–H groups in total.